The van der Waals surface area contributed by atoms with E-state index in [0.717, 1.165) is 5.56 Å². The Morgan fingerprint density at radius 3 is 2.79 bits per heavy atom. The highest BCUT2D eigenvalue weighted by atomic mass is 16.5. The summed E-state index contributed by atoms with van der Waals surface area (Å²) in [4.78, 5) is 10.6. The fraction of sp³-hybridized carbons (Fsp3) is 0.133. The van der Waals surface area contributed by atoms with Crippen LogP contribution in [0.1, 0.15) is 28.8 Å². The van der Waals surface area contributed by atoms with E-state index in [1.54, 1.807) is 6.07 Å². The predicted molar refractivity (Wildman–Crippen MR) is 68.5 cm³/mol. The Kier molecular flexibility index (Phi) is 4.03. The molecule has 19 heavy (non-hydrogen) atoms. The van der Waals surface area contributed by atoms with Crippen LogP contribution < -0.4 is 9.84 Å². The topological polar surface area (TPSA) is 62.5 Å². The van der Waals surface area contributed by atoms with Crippen LogP contribution in [-0.4, -0.2) is 5.97 Å². The number of furan rings is 1. The third-order valence-corrected chi connectivity index (χ3v) is 2.50. The highest BCUT2D eigenvalue weighted by Crippen LogP contribution is 2.21. The molecule has 0 bridgehead atoms. The van der Waals surface area contributed by atoms with Crippen molar-refractivity contribution < 1.29 is 19.1 Å². The number of para-hydroxylation sites is 1. The second-order valence-corrected chi connectivity index (χ2v) is 3.88. The molecule has 2 aromatic rings. The molecule has 0 spiro atoms. The largest absolute Gasteiger partial charge is 0.542 e. The van der Waals surface area contributed by atoms with E-state index in [4.69, 9.17) is 9.15 Å². The Hall–Kier alpha value is -2.49. The van der Waals surface area contributed by atoms with Crippen LogP contribution in [0.3, 0.4) is 0 Å². The van der Waals surface area contributed by atoms with Crippen molar-refractivity contribution >= 4 is 12.0 Å². The van der Waals surface area contributed by atoms with Gasteiger partial charge in [0.2, 0.25) is 0 Å². The van der Waals surface area contributed by atoms with Gasteiger partial charge >= 0.3 is 0 Å². The first-order chi connectivity index (χ1) is 9.20. The van der Waals surface area contributed by atoms with Gasteiger partial charge in [-0.05, 0) is 25.1 Å². The number of allylic oxidation sites excluding steroid dienone is 1. The van der Waals surface area contributed by atoms with Crippen molar-refractivity contribution in [3.05, 3.63) is 59.6 Å². The summed E-state index contributed by atoms with van der Waals surface area (Å²) in [6.07, 6.45) is 3.85. The molecule has 0 amide bonds. The van der Waals surface area contributed by atoms with Crippen molar-refractivity contribution in [3.63, 3.8) is 0 Å². The zero-order chi connectivity index (χ0) is 13.7. The predicted octanol–water partition coefficient (Wildman–Crippen LogP) is 2.26. The van der Waals surface area contributed by atoms with Gasteiger partial charge < -0.3 is 19.1 Å². The number of benzene rings is 1. The van der Waals surface area contributed by atoms with E-state index in [9.17, 15) is 9.90 Å². The Morgan fingerprint density at radius 2 is 2.11 bits per heavy atom. The number of carbonyl (C=O) groups excluding carboxylic acids is 1. The van der Waals surface area contributed by atoms with Crippen molar-refractivity contribution in [2.75, 3.05) is 0 Å². The maximum absolute atomic E-state index is 10.6. The molecule has 4 heteroatoms. The summed E-state index contributed by atoms with van der Waals surface area (Å²) in [7, 11) is 0. The van der Waals surface area contributed by atoms with E-state index in [2.05, 4.69) is 0 Å². The van der Waals surface area contributed by atoms with E-state index in [0.29, 0.717) is 11.5 Å². The van der Waals surface area contributed by atoms with Crippen molar-refractivity contribution in [3.8, 4) is 5.75 Å². The number of carboxylic acids is 1. The molecule has 1 aromatic carbocycles. The van der Waals surface area contributed by atoms with Gasteiger partial charge in [-0.2, -0.15) is 0 Å². The minimum atomic E-state index is -1.33. The summed E-state index contributed by atoms with van der Waals surface area (Å²) in [5.74, 6) is -0.373. The van der Waals surface area contributed by atoms with Crippen LogP contribution >= 0.6 is 0 Å². The van der Waals surface area contributed by atoms with E-state index in [1.165, 1.54) is 6.07 Å². The lowest BCUT2D eigenvalue weighted by molar-refractivity contribution is -0.257. The highest BCUT2D eigenvalue weighted by molar-refractivity contribution is 5.82. The van der Waals surface area contributed by atoms with E-state index in [1.807, 2.05) is 43.3 Å². The minimum Gasteiger partial charge on any atom is -0.542 e. The molecule has 2 rings (SSSR count). The second kappa shape index (κ2) is 5.91. The molecule has 98 valence electrons. The molecule has 0 radical (unpaired) electrons. The third-order valence-electron chi connectivity index (χ3n) is 2.50. The maximum atomic E-state index is 10.6. The van der Waals surface area contributed by atoms with Crippen LogP contribution in [0, 0.1) is 0 Å². The van der Waals surface area contributed by atoms with E-state index in [-0.39, 0.29) is 12.4 Å². The van der Waals surface area contributed by atoms with Crippen molar-refractivity contribution in [2.45, 2.75) is 13.5 Å². The molecular weight excluding hydrogens is 244 g/mol. The fourth-order valence-corrected chi connectivity index (χ4v) is 1.64. The van der Waals surface area contributed by atoms with Gasteiger partial charge in [0.25, 0.3) is 0 Å². The molecule has 0 aliphatic rings. The first-order valence-electron chi connectivity index (χ1n) is 5.85. The first kappa shape index (κ1) is 13.0. The molecule has 0 fully saturated rings. The van der Waals surface area contributed by atoms with Crippen LogP contribution in [0.5, 0.6) is 5.75 Å². The minimum absolute atomic E-state index is 0.168. The lowest BCUT2D eigenvalue weighted by atomic mass is 10.2. The SMILES string of the molecule is CC=Cc1ccccc1OCc1ccc(C(=O)[O-])o1. The summed E-state index contributed by atoms with van der Waals surface area (Å²) in [6, 6.07) is 10.5. The van der Waals surface area contributed by atoms with Crippen molar-refractivity contribution in [2.24, 2.45) is 0 Å². The fourth-order valence-electron chi connectivity index (χ4n) is 1.64. The van der Waals surface area contributed by atoms with E-state index >= 15 is 0 Å². The lowest BCUT2D eigenvalue weighted by Gasteiger charge is -2.07. The molecule has 1 aromatic heterocycles. The molecule has 0 N–H and O–H groups in total. The van der Waals surface area contributed by atoms with Gasteiger partial charge in [-0.3, -0.25) is 0 Å². The molecule has 0 saturated carbocycles. The molecule has 0 atom stereocenters. The number of carboxylic acid groups (broad SMARTS) is 1. The normalized spacial score (nSPS) is 10.8. The molecule has 0 aliphatic carbocycles. The number of ether oxygens (including phenoxy) is 1. The van der Waals surface area contributed by atoms with Crippen molar-refractivity contribution in [1.82, 2.24) is 0 Å². The van der Waals surface area contributed by atoms with Crippen LogP contribution in [0.25, 0.3) is 6.08 Å². The van der Waals surface area contributed by atoms with Gasteiger partial charge in [-0.1, -0.05) is 30.4 Å². The maximum Gasteiger partial charge on any atom is 0.149 e. The number of hydrogen-bond donors (Lipinski definition) is 0. The summed E-state index contributed by atoms with van der Waals surface area (Å²) >= 11 is 0. The molecular formula is C15H13O4-. The third kappa shape index (κ3) is 3.25. The Balaban J connectivity index is 2.07. The van der Waals surface area contributed by atoms with Crippen LogP contribution in [0.15, 0.2) is 46.9 Å². The summed E-state index contributed by atoms with van der Waals surface area (Å²) in [5, 5.41) is 10.6. The van der Waals surface area contributed by atoms with Crippen molar-refractivity contribution in [1.29, 1.82) is 0 Å². The van der Waals surface area contributed by atoms with Crippen LogP contribution in [-0.2, 0) is 6.61 Å². The molecule has 0 unspecified atom stereocenters. The number of rotatable bonds is 5. The molecule has 4 nitrogen and oxygen atoms in total. The number of aromatic carboxylic acids is 1. The lowest BCUT2D eigenvalue weighted by Crippen LogP contribution is -2.21. The zero-order valence-electron chi connectivity index (χ0n) is 10.5. The first-order valence-corrected chi connectivity index (χ1v) is 5.85. The zero-order valence-corrected chi connectivity index (χ0v) is 10.5. The Morgan fingerprint density at radius 1 is 1.32 bits per heavy atom. The van der Waals surface area contributed by atoms with Gasteiger partial charge in [0.05, 0.1) is 0 Å². The molecule has 1 heterocycles. The van der Waals surface area contributed by atoms with Gasteiger partial charge in [0, 0.05) is 5.56 Å². The van der Waals surface area contributed by atoms with Gasteiger partial charge in [0.15, 0.2) is 0 Å². The number of hydrogen-bond acceptors (Lipinski definition) is 4. The smallest absolute Gasteiger partial charge is 0.149 e. The summed E-state index contributed by atoms with van der Waals surface area (Å²) in [6.45, 7) is 2.09. The standard InChI is InChI=1S/C15H14O4/c1-2-5-11-6-3-4-7-13(11)18-10-12-8-9-14(19-12)15(16)17/h2-9H,10H2,1H3,(H,16,17)/p-1. The highest BCUT2D eigenvalue weighted by Gasteiger charge is 2.05. The summed E-state index contributed by atoms with van der Waals surface area (Å²) in [5.41, 5.74) is 0.955. The molecule has 0 saturated heterocycles. The quantitative estimate of drug-likeness (QED) is 0.824. The van der Waals surface area contributed by atoms with Gasteiger partial charge in [0.1, 0.15) is 29.8 Å². The monoisotopic (exact) mass is 257 g/mol. The van der Waals surface area contributed by atoms with Crippen LogP contribution in [0.2, 0.25) is 0 Å². The van der Waals surface area contributed by atoms with E-state index < -0.39 is 5.97 Å². The Labute approximate surface area is 110 Å². The average Bonchev–Trinajstić information content (AvgIpc) is 2.87. The van der Waals surface area contributed by atoms with Crippen LogP contribution in [0.4, 0.5) is 0 Å². The number of carbonyl (C=O) groups is 1. The second-order valence-electron chi connectivity index (χ2n) is 3.88. The van der Waals surface area contributed by atoms with Gasteiger partial charge in [-0.15, -0.1) is 0 Å². The Bertz CT molecular complexity index is 596. The summed E-state index contributed by atoms with van der Waals surface area (Å²) < 4.78 is 10.7. The van der Waals surface area contributed by atoms with Gasteiger partial charge in [-0.25, -0.2) is 0 Å². The average molecular weight is 257 g/mol. The molecule has 0 aliphatic heterocycles.